The lowest BCUT2D eigenvalue weighted by atomic mass is 10.1. The molecule has 1 aromatic carbocycles. The number of methoxy groups -OCH3 is 1. The highest BCUT2D eigenvalue weighted by atomic mass is 16.5. The predicted molar refractivity (Wildman–Crippen MR) is 75.0 cm³/mol. The first-order chi connectivity index (χ1) is 8.72. The Balaban J connectivity index is 2.01. The summed E-state index contributed by atoms with van der Waals surface area (Å²) in [5.74, 6) is 1.01. The minimum absolute atomic E-state index is 0.949. The fourth-order valence-corrected chi connectivity index (χ4v) is 2.36. The average molecular weight is 244 g/mol. The lowest BCUT2D eigenvalue weighted by Gasteiger charge is -2.32. The van der Waals surface area contributed by atoms with Gasteiger partial charge in [0.25, 0.3) is 0 Å². The summed E-state index contributed by atoms with van der Waals surface area (Å²) in [5, 5.41) is 0. The molecule has 0 spiro atoms. The van der Waals surface area contributed by atoms with Crippen LogP contribution in [0.4, 0.5) is 0 Å². The molecule has 0 bridgehead atoms. The van der Waals surface area contributed by atoms with Crippen LogP contribution in [0.1, 0.15) is 18.1 Å². The second-order valence-electron chi connectivity index (χ2n) is 4.81. The van der Waals surface area contributed by atoms with E-state index >= 15 is 0 Å². The molecular formula is C14H21BN2O. The third kappa shape index (κ3) is 3.27. The van der Waals surface area contributed by atoms with Crippen molar-refractivity contribution in [1.82, 2.24) is 9.71 Å². The van der Waals surface area contributed by atoms with E-state index in [4.69, 9.17) is 12.7 Å². The predicted octanol–water partition coefficient (Wildman–Crippen LogP) is 1.46. The molecule has 0 atom stereocenters. The number of benzene rings is 1. The molecule has 1 heterocycles. The van der Waals surface area contributed by atoms with Crippen LogP contribution in [0.15, 0.2) is 18.2 Å². The Labute approximate surface area is 111 Å². The van der Waals surface area contributed by atoms with Crippen LogP contribution in [-0.4, -0.2) is 51.0 Å². The van der Waals surface area contributed by atoms with Crippen molar-refractivity contribution in [2.24, 2.45) is 0 Å². The van der Waals surface area contributed by atoms with E-state index in [0.717, 1.165) is 44.9 Å². The second kappa shape index (κ2) is 6.25. The summed E-state index contributed by atoms with van der Waals surface area (Å²) in [7, 11) is 7.50. The first kappa shape index (κ1) is 13.4. The molecule has 3 nitrogen and oxygen atoms in total. The number of piperazine rings is 1. The number of hydrogen-bond donors (Lipinski definition) is 0. The van der Waals surface area contributed by atoms with E-state index in [1.807, 2.05) is 4.81 Å². The first-order valence-electron chi connectivity index (χ1n) is 6.60. The highest BCUT2D eigenvalue weighted by Gasteiger charge is 2.14. The minimum Gasteiger partial charge on any atom is -0.496 e. The quantitative estimate of drug-likeness (QED) is 0.746. The van der Waals surface area contributed by atoms with E-state index in [1.165, 1.54) is 11.1 Å². The molecule has 0 unspecified atom stereocenters. The number of nitrogens with zero attached hydrogens (tertiary/aromatic N) is 2. The van der Waals surface area contributed by atoms with Gasteiger partial charge in [-0.05, 0) is 36.7 Å². The van der Waals surface area contributed by atoms with Crippen molar-refractivity contribution in [3.63, 3.8) is 0 Å². The van der Waals surface area contributed by atoms with Crippen molar-refractivity contribution in [2.45, 2.75) is 19.9 Å². The Bertz CT molecular complexity index is 389. The van der Waals surface area contributed by atoms with Crippen LogP contribution in [-0.2, 0) is 13.0 Å². The van der Waals surface area contributed by atoms with E-state index in [9.17, 15) is 0 Å². The van der Waals surface area contributed by atoms with Gasteiger partial charge in [-0.3, -0.25) is 4.90 Å². The fraction of sp³-hybridized carbons (Fsp3) is 0.571. The van der Waals surface area contributed by atoms with Crippen LogP contribution in [0.5, 0.6) is 5.75 Å². The third-order valence-corrected chi connectivity index (χ3v) is 3.55. The van der Waals surface area contributed by atoms with Gasteiger partial charge in [0.15, 0.2) is 7.98 Å². The molecule has 1 saturated heterocycles. The molecule has 1 aliphatic rings. The maximum absolute atomic E-state index is 5.76. The van der Waals surface area contributed by atoms with E-state index in [0.29, 0.717) is 0 Å². The maximum Gasteiger partial charge on any atom is 0.182 e. The van der Waals surface area contributed by atoms with Crippen LogP contribution in [0, 0.1) is 0 Å². The molecule has 0 amide bonds. The van der Waals surface area contributed by atoms with Gasteiger partial charge in [-0.2, -0.15) is 0 Å². The lowest BCUT2D eigenvalue weighted by molar-refractivity contribution is 0.184. The highest BCUT2D eigenvalue weighted by molar-refractivity contribution is 6.04. The molecule has 0 aromatic heterocycles. The third-order valence-electron chi connectivity index (χ3n) is 3.55. The minimum atomic E-state index is 0.949. The Morgan fingerprint density at radius 3 is 2.56 bits per heavy atom. The van der Waals surface area contributed by atoms with Gasteiger partial charge in [0.2, 0.25) is 0 Å². The topological polar surface area (TPSA) is 15.7 Å². The van der Waals surface area contributed by atoms with E-state index in [-0.39, 0.29) is 0 Å². The summed E-state index contributed by atoms with van der Waals surface area (Å²) < 4.78 is 5.44. The van der Waals surface area contributed by atoms with Crippen LogP contribution in [0.2, 0.25) is 0 Å². The number of rotatable bonds is 4. The SMILES string of the molecule is [B]N1CCN(Cc2ccc(CC)c(OC)c2)CC1. The normalized spacial score (nSPS) is 17.9. The second-order valence-corrected chi connectivity index (χ2v) is 4.81. The number of ether oxygens (including phenoxy) is 1. The highest BCUT2D eigenvalue weighted by Crippen LogP contribution is 2.21. The average Bonchev–Trinajstić information content (AvgIpc) is 2.41. The molecular weight excluding hydrogens is 223 g/mol. The summed E-state index contributed by atoms with van der Waals surface area (Å²) in [6.07, 6.45) is 1.01. The van der Waals surface area contributed by atoms with Crippen molar-refractivity contribution >= 4 is 7.98 Å². The lowest BCUT2D eigenvalue weighted by Crippen LogP contribution is -2.44. The van der Waals surface area contributed by atoms with Gasteiger partial charge in [-0.1, -0.05) is 19.1 Å². The summed E-state index contributed by atoms with van der Waals surface area (Å²) in [4.78, 5) is 4.32. The first-order valence-corrected chi connectivity index (χ1v) is 6.60. The molecule has 2 rings (SSSR count). The maximum atomic E-state index is 5.76. The molecule has 0 N–H and O–H groups in total. The van der Waals surface area contributed by atoms with Crippen molar-refractivity contribution in [2.75, 3.05) is 33.3 Å². The van der Waals surface area contributed by atoms with Gasteiger partial charge in [0, 0.05) is 19.6 Å². The Hall–Kier alpha value is -0.995. The summed E-state index contributed by atoms with van der Waals surface area (Å²) in [5.41, 5.74) is 2.59. The zero-order chi connectivity index (χ0) is 13.0. The molecule has 1 fully saturated rings. The fourth-order valence-electron chi connectivity index (χ4n) is 2.36. The molecule has 1 aliphatic heterocycles. The zero-order valence-corrected chi connectivity index (χ0v) is 11.4. The number of hydrogen-bond acceptors (Lipinski definition) is 3. The number of aryl methyl sites for hydroxylation is 1. The van der Waals surface area contributed by atoms with E-state index in [2.05, 4.69) is 30.0 Å². The van der Waals surface area contributed by atoms with Crippen molar-refractivity contribution in [3.05, 3.63) is 29.3 Å². The Morgan fingerprint density at radius 2 is 1.94 bits per heavy atom. The van der Waals surface area contributed by atoms with Crippen LogP contribution in [0.25, 0.3) is 0 Å². The largest absolute Gasteiger partial charge is 0.496 e. The van der Waals surface area contributed by atoms with Crippen molar-refractivity contribution in [3.8, 4) is 5.75 Å². The molecule has 1 aromatic rings. The van der Waals surface area contributed by atoms with E-state index in [1.54, 1.807) is 7.11 Å². The van der Waals surface area contributed by atoms with Gasteiger partial charge in [-0.15, -0.1) is 0 Å². The molecule has 4 heteroatoms. The zero-order valence-electron chi connectivity index (χ0n) is 11.4. The summed E-state index contributed by atoms with van der Waals surface area (Å²) in [6.45, 7) is 7.10. The summed E-state index contributed by atoms with van der Waals surface area (Å²) in [6, 6.07) is 6.54. The van der Waals surface area contributed by atoms with Crippen LogP contribution < -0.4 is 4.74 Å². The molecule has 0 aliphatic carbocycles. The molecule has 18 heavy (non-hydrogen) atoms. The van der Waals surface area contributed by atoms with Gasteiger partial charge in [-0.25, -0.2) is 0 Å². The summed E-state index contributed by atoms with van der Waals surface area (Å²) >= 11 is 0. The Kier molecular flexibility index (Phi) is 4.67. The molecule has 96 valence electrons. The standard InChI is InChI=1S/C14H21BN2O/c1-3-13-5-4-12(10-14(13)18-2)11-16-6-8-17(15)9-7-16/h4-5,10H,3,6-9,11H2,1-2H3. The van der Waals surface area contributed by atoms with Crippen molar-refractivity contribution in [1.29, 1.82) is 0 Å². The molecule has 2 radical (unpaired) electrons. The van der Waals surface area contributed by atoms with E-state index < -0.39 is 0 Å². The van der Waals surface area contributed by atoms with Crippen LogP contribution >= 0.6 is 0 Å². The van der Waals surface area contributed by atoms with Gasteiger partial charge in [0.05, 0.1) is 7.11 Å². The monoisotopic (exact) mass is 244 g/mol. The van der Waals surface area contributed by atoms with Gasteiger partial charge in [0.1, 0.15) is 5.75 Å². The van der Waals surface area contributed by atoms with Gasteiger partial charge >= 0.3 is 0 Å². The van der Waals surface area contributed by atoms with Crippen LogP contribution in [0.3, 0.4) is 0 Å². The van der Waals surface area contributed by atoms with Gasteiger partial charge < -0.3 is 9.55 Å². The molecule has 0 saturated carbocycles. The smallest absolute Gasteiger partial charge is 0.182 e. The Morgan fingerprint density at radius 1 is 1.22 bits per heavy atom. The van der Waals surface area contributed by atoms with Crippen molar-refractivity contribution < 1.29 is 4.74 Å².